The maximum Gasteiger partial charge on any atom is 0.226 e. The molecule has 1 heterocycles. The smallest absolute Gasteiger partial charge is 0.226 e. The largest absolute Gasteiger partial charge is 0.394 e. The van der Waals surface area contributed by atoms with Gasteiger partial charge >= 0.3 is 0 Å². The minimum atomic E-state index is -0.303. The Morgan fingerprint density at radius 2 is 1.76 bits per heavy atom. The van der Waals surface area contributed by atoms with Crippen LogP contribution in [0.1, 0.15) is 46.5 Å². The van der Waals surface area contributed by atoms with Crippen LogP contribution in [-0.4, -0.2) is 36.4 Å². The van der Waals surface area contributed by atoms with E-state index in [0.717, 1.165) is 25.7 Å². The van der Waals surface area contributed by atoms with Gasteiger partial charge in [-0.05, 0) is 25.7 Å². The predicted octanol–water partition coefficient (Wildman–Crippen LogP) is 1.47. The van der Waals surface area contributed by atoms with E-state index in [-0.39, 0.29) is 23.5 Å². The summed E-state index contributed by atoms with van der Waals surface area (Å²) in [4.78, 5) is 12.1. The monoisotopic (exact) mass is 243 g/mol. The average Bonchev–Trinajstić information content (AvgIpc) is 3.13. The summed E-state index contributed by atoms with van der Waals surface area (Å²) in [6, 6.07) is 0. The number of carbonyl (C=O) groups excluding carboxylic acids is 1. The van der Waals surface area contributed by atoms with Crippen molar-refractivity contribution in [2.45, 2.75) is 52.0 Å². The molecule has 1 saturated heterocycles. The molecule has 1 aliphatic heterocycles. The standard InChI is InChI=1S/C11H19NO3.C2H6/c1-10(4-6-15-7-5-10)9(14)12-11(8-13)2-3-11;1-2/h13H,2-8H2,1H3,(H,12,14);1-2H3. The van der Waals surface area contributed by atoms with Crippen LogP contribution in [0.25, 0.3) is 0 Å². The van der Waals surface area contributed by atoms with Crippen molar-refractivity contribution in [1.29, 1.82) is 0 Å². The molecule has 2 rings (SSSR count). The van der Waals surface area contributed by atoms with Crippen molar-refractivity contribution in [3.63, 3.8) is 0 Å². The molecule has 4 heteroatoms. The van der Waals surface area contributed by atoms with E-state index in [1.54, 1.807) is 0 Å². The summed E-state index contributed by atoms with van der Waals surface area (Å²) in [7, 11) is 0. The second-order valence-corrected chi connectivity index (χ2v) is 5.07. The first kappa shape index (κ1) is 14.5. The lowest BCUT2D eigenvalue weighted by Gasteiger charge is -2.33. The van der Waals surface area contributed by atoms with E-state index < -0.39 is 0 Å². The summed E-state index contributed by atoms with van der Waals surface area (Å²) in [6.45, 7) is 7.37. The molecule has 2 aliphatic rings. The second kappa shape index (κ2) is 5.83. The minimum Gasteiger partial charge on any atom is -0.394 e. The van der Waals surface area contributed by atoms with Crippen molar-refractivity contribution in [2.24, 2.45) is 5.41 Å². The zero-order chi connectivity index (χ0) is 12.9. The number of rotatable bonds is 3. The van der Waals surface area contributed by atoms with Gasteiger partial charge < -0.3 is 15.2 Å². The van der Waals surface area contributed by atoms with Crippen LogP contribution < -0.4 is 5.32 Å². The van der Waals surface area contributed by atoms with Crippen LogP contribution in [0.5, 0.6) is 0 Å². The third kappa shape index (κ3) is 3.42. The Bertz CT molecular complexity index is 255. The molecule has 0 aromatic rings. The van der Waals surface area contributed by atoms with E-state index in [1.807, 2.05) is 20.8 Å². The fourth-order valence-electron chi connectivity index (χ4n) is 1.91. The lowest BCUT2D eigenvalue weighted by Crippen LogP contribution is -2.49. The van der Waals surface area contributed by atoms with Gasteiger partial charge in [0.05, 0.1) is 17.6 Å². The number of amides is 1. The van der Waals surface area contributed by atoms with Crippen LogP contribution in [0.4, 0.5) is 0 Å². The maximum atomic E-state index is 12.1. The van der Waals surface area contributed by atoms with Crippen LogP contribution in [0.15, 0.2) is 0 Å². The number of hydrogen-bond acceptors (Lipinski definition) is 3. The molecular weight excluding hydrogens is 218 g/mol. The van der Waals surface area contributed by atoms with E-state index in [4.69, 9.17) is 9.84 Å². The van der Waals surface area contributed by atoms with E-state index >= 15 is 0 Å². The van der Waals surface area contributed by atoms with E-state index in [9.17, 15) is 4.79 Å². The van der Waals surface area contributed by atoms with Gasteiger partial charge in [0.25, 0.3) is 0 Å². The van der Waals surface area contributed by atoms with E-state index in [1.165, 1.54) is 0 Å². The summed E-state index contributed by atoms with van der Waals surface area (Å²) in [5, 5.41) is 12.1. The number of carbonyl (C=O) groups is 1. The second-order valence-electron chi connectivity index (χ2n) is 5.07. The fraction of sp³-hybridized carbons (Fsp3) is 0.923. The first-order valence-corrected chi connectivity index (χ1v) is 6.62. The Hall–Kier alpha value is -0.610. The van der Waals surface area contributed by atoms with Crippen molar-refractivity contribution in [1.82, 2.24) is 5.32 Å². The normalized spacial score (nSPS) is 24.2. The average molecular weight is 243 g/mol. The molecule has 0 radical (unpaired) electrons. The summed E-state index contributed by atoms with van der Waals surface area (Å²) in [5.41, 5.74) is -0.596. The van der Waals surface area contributed by atoms with Gasteiger partial charge in [-0.15, -0.1) is 0 Å². The Kier molecular flexibility index (Phi) is 4.95. The van der Waals surface area contributed by atoms with Gasteiger partial charge in [-0.2, -0.15) is 0 Å². The maximum absolute atomic E-state index is 12.1. The Morgan fingerprint density at radius 3 is 2.18 bits per heavy atom. The van der Waals surface area contributed by atoms with Crippen molar-refractivity contribution in [3.8, 4) is 0 Å². The molecule has 1 amide bonds. The van der Waals surface area contributed by atoms with Crippen LogP contribution >= 0.6 is 0 Å². The molecule has 0 aromatic heterocycles. The minimum absolute atomic E-state index is 0.0608. The molecule has 100 valence electrons. The number of nitrogens with one attached hydrogen (secondary N) is 1. The highest BCUT2D eigenvalue weighted by atomic mass is 16.5. The molecule has 1 saturated carbocycles. The zero-order valence-electron chi connectivity index (χ0n) is 11.2. The Morgan fingerprint density at radius 1 is 1.24 bits per heavy atom. The zero-order valence-corrected chi connectivity index (χ0v) is 11.2. The van der Waals surface area contributed by atoms with Crippen LogP contribution in [-0.2, 0) is 9.53 Å². The molecular formula is C13H25NO3. The van der Waals surface area contributed by atoms with Crippen molar-refractivity contribution >= 4 is 5.91 Å². The predicted molar refractivity (Wildman–Crippen MR) is 66.7 cm³/mol. The molecule has 4 nitrogen and oxygen atoms in total. The molecule has 17 heavy (non-hydrogen) atoms. The third-order valence-corrected chi connectivity index (χ3v) is 3.68. The fourth-order valence-corrected chi connectivity index (χ4v) is 1.91. The summed E-state index contributed by atoms with van der Waals surface area (Å²) < 4.78 is 5.26. The third-order valence-electron chi connectivity index (χ3n) is 3.68. The first-order chi connectivity index (χ1) is 8.10. The van der Waals surface area contributed by atoms with Crippen LogP contribution in [0.2, 0.25) is 0 Å². The summed E-state index contributed by atoms with van der Waals surface area (Å²) in [5.74, 6) is 0.0809. The van der Waals surface area contributed by atoms with Gasteiger partial charge in [-0.3, -0.25) is 4.79 Å². The number of ether oxygens (including phenoxy) is 1. The molecule has 0 bridgehead atoms. The molecule has 1 aliphatic carbocycles. The molecule has 2 N–H and O–H groups in total. The summed E-state index contributed by atoms with van der Waals surface area (Å²) in [6.07, 6.45) is 3.37. The number of aliphatic hydroxyl groups is 1. The summed E-state index contributed by atoms with van der Waals surface area (Å²) >= 11 is 0. The molecule has 0 aromatic carbocycles. The van der Waals surface area contributed by atoms with Gasteiger partial charge in [-0.25, -0.2) is 0 Å². The first-order valence-electron chi connectivity index (χ1n) is 6.62. The highest BCUT2D eigenvalue weighted by molar-refractivity contribution is 5.83. The number of aliphatic hydroxyl groups excluding tert-OH is 1. The lowest BCUT2D eigenvalue weighted by molar-refractivity contribution is -0.136. The van der Waals surface area contributed by atoms with Crippen molar-refractivity contribution in [2.75, 3.05) is 19.8 Å². The molecule has 0 spiro atoms. The van der Waals surface area contributed by atoms with Crippen molar-refractivity contribution < 1.29 is 14.6 Å². The Labute approximate surface area is 104 Å². The SMILES string of the molecule is CC.CC1(C(=O)NC2(CO)CC2)CCOCC1. The molecule has 0 atom stereocenters. The van der Waals surface area contributed by atoms with Gasteiger partial charge in [0.1, 0.15) is 0 Å². The van der Waals surface area contributed by atoms with E-state index in [2.05, 4.69) is 5.32 Å². The van der Waals surface area contributed by atoms with Crippen molar-refractivity contribution in [3.05, 3.63) is 0 Å². The van der Waals surface area contributed by atoms with Crippen LogP contribution in [0, 0.1) is 5.41 Å². The van der Waals surface area contributed by atoms with Gasteiger partial charge in [0.15, 0.2) is 0 Å². The lowest BCUT2D eigenvalue weighted by atomic mass is 9.81. The van der Waals surface area contributed by atoms with Gasteiger partial charge in [-0.1, -0.05) is 20.8 Å². The molecule has 0 unspecified atom stereocenters. The van der Waals surface area contributed by atoms with E-state index in [0.29, 0.717) is 13.2 Å². The highest BCUT2D eigenvalue weighted by Gasteiger charge is 2.47. The molecule has 2 fully saturated rings. The van der Waals surface area contributed by atoms with Gasteiger partial charge in [0, 0.05) is 13.2 Å². The number of hydrogen-bond donors (Lipinski definition) is 2. The quantitative estimate of drug-likeness (QED) is 0.789. The van der Waals surface area contributed by atoms with Gasteiger partial charge in [0.2, 0.25) is 5.91 Å². The van der Waals surface area contributed by atoms with Crippen LogP contribution in [0.3, 0.4) is 0 Å². The highest BCUT2D eigenvalue weighted by Crippen LogP contribution is 2.37. The Balaban J connectivity index is 0.000000686. The topological polar surface area (TPSA) is 58.6 Å².